The fourth-order valence-electron chi connectivity index (χ4n) is 4.51. The van der Waals surface area contributed by atoms with Crippen molar-refractivity contribution < 1.29 is 14.2 Å². The smallest absolute Gasteiger partial charge is 0.322 e. The van der Waals surface area contributed by atoms with Gasteiger partial charge in [-0.05, 0) is 63.5 Å². The Morgan fingerprint density at radius 3 is 2.12 bits per heavy atom. The topological polar surface area (TPSA) is 77.5 Å². The van der Waals surface area contributed by atoms with Crippen LogP contribution in [-0.4, -0.2) is 41.9 Å². The molecule has 7 nitrogen and oxygen atoms in total. The van der Waals surface area contributed by atoms with Gasteiger partial charge >= 0.3 is 6.01 Å². The lowest BCUT2D eigenvalue weighted by atomic mass is 9.92. The van der Waals surface area contributed by atoms with Crippen molar-refractivity contribution in [3.8, 4) is 17.8 Å². The molecular formula is C25H34N4O3. The van der Waals surface area contributed by atoms with Gasteiger partial charge in [-0.15, -0.1) is 0 Å². The zero-order valence-electron chi connectivity index (χ0n) is 18.9. The highest BCUT2D eigenvalue weighted by Gasteiger charge is 2.30. The molecule has 172 valence electrons. The number of hydrogen-bond acceptors (Lipinski definition) is 7. The van der Waals surface area contributed by atoms with Crippen LogP contribution < -0.4 is 24.8 Å². The Morgan fingerprint density at radius 1 is 0.906 bits per heavy atom. The summed E-state index contributed by atoms with van der Waals surface area (Å²) in [6.45, 7) is 1.64. The molecule has 32 heavy (non-hydrogen) atoms. The summed E-state index contributed by atoms with van der Waals surface area (Å²) in [6.07, 6.45) is 9.40. The number of rotatable bonds is 9. The van der Waals surface area contributed by atoms with Crippen LogP contribution in [0.15, 0.2) is 30.3 Å². The van der Waals surface area contributed by atoms with E-state index < -0.39 is 0 Å². The first-order valence-corrected chi connectivity index (χ1v) is 12.1. The zero-order valence-corrected chi connectivity index (χ0v) is 18.9. The Bertz CT molecular complexity index is 849. The molecule has 3 fully saturated rings. The second-order valence-electron chi connectivity index (χ2n) is 9.11. The molecule has 2 N–H and O–H groups in total. The molecule has 2 aromatic rings. The van der Waals surface area contributed by atoms with E-state index in [1.165, 1.54) is 18.4 Å². The van der Waals surface area contributed by atoms with Crippen molar-refractivity contribution in [3.63, 3.8) is 0 Å². The largest absolute Gasteiger partial charge is 0.474 e. The van der Waals surface area contributed by atoms with Crippen LogP contribution in [0.4, 0.5) is 0 Å². The molecule has 0 bridgehead atoms. The molecule has 0 radical (unpaired) electrons. The maximum Gasteiger partial charge on any atom is 0.322 e. The fourth-order valence-corrected chi connectivity index (χ4v) is 4.51. The van der Waals surface area contributed by atoms with Gasteiger partial charge in [0.1, 0.15) is 12.2 Å². The number of piperidine rings is 1. The van der Waals surface area contributed by atoms with Crippen molar-refractivity contribution in [2.45, 2.75) is 82.2 Å². The monoisotopic (exact) mass is 438 g/mol. The van der Waals surface area contributed by atoms with Gasteiger partial charge in [0.15, 0.2) is 0 Å². The summed E-state index contributed by atoms with van der Waals surface area (Å²) < 4.78 is 17.9. The summed E-state index contributed by atoms with van der Waals surface area (Å²) in [4.78, 5) is 9.15. The first-order chi connectivity index (χ1) is 15.8. The van der Waals surface area contributed by atoms with Gasteiger partial charge in [0.2, 0.25) is 11.8 Å². The van der Waals surface area contributed by atoms with E-state index in [4.69, 9.17) is 14.2 Å². The average Bonchev–Trinajstić information content (AvgIpc) is 2.78. The maximum atomic E-state index is 6.28. The summed E-state index contributed by atoms with van der Waals surface area (Å²) >= 11 is 0. The normalized spacial score (nSPS) is 23.8. The molecule has 2 aliphatic carbocycles. The first-order valence-electron chi connectivity index (χ1n) is 12.1. The van der Waals surface area contributed by atoms with Gasteiger partial charge in [-0.2, -0.15) is 9.97 Å². The molecule has 2 saturated carbocycles. The zero-order chi connectivity index (χ0) is 21.8. The van der Waals surface area contributed by atoms with E-state index in [1.54, 1.807) is 7.11 Å². The van der Waals surface area contributed by atoms with Crippen LogP contribution in [0.2, 0.25) is 0 Å². The Kier molecular flexibility index (Phi) is 6.74. The number of methoxy groups -OCH3 is 1. The van der Waals surface area contributed by atoms with Crippen molar-refractivity contribution in [2.75, 3.05) is 13.7 Å². The van der Waals surface area contributed by atoms with Crippen LogP contribution in [0.25, 0.3) is 0 Å². The summed E-state index contributed by atoms with van der Waals surface area (Å²) in [5.41, 5.74) is 2.22. The van der Waals surface area contributed by atoms with E-state index in [1.807, 2.05) is 0 Å². The molecule has 0 spiro atoms. The second kappa shape index (κ2) is 10.0. The van der Waals surface area contributed by atoms with E-state index in [0.29, 0.717) is 30.4 Å². The number of nitrogens with one attached hydrogen (secondary N) is 2. The first kappa shape index (κ1) is 21.5. The van der Waals surface area contributed by atoms with E-state index >= 15 is 0 Å². The molecule has 2 heterocycles. The molecule has 3 aliphatic rings. The highest BCUT2D eigenvalue weighted by Crippen LogP contribution is 2.35. The third-order valence-corrected chi connectivity index (χ3v) is 6.91. The molecule has 1 aromatic carbocycles. The molecule has 1 saturated heterocycles. The Hall–Kier alpha value is -2.38. The predicted molar refractivity (Wildman–Crippen MR) is 122 cm³/mol. The molecule has 2 atom stereocenters. The van der Waals surface area contributed by atoms with E-state index in [-0.39, 0.29) is 18.2 Å². The van der Waals surface area contributed by atoms with Crippen molar-refractivity contribution in [2.24, 2.45) is 0 Å². The number of nitrogens with zero attached hydrogens (tertiary/aromatic N) is 2. The number of ether oxygens (including phenoxy) is 3. The van der Waals surface area contributed by atoms with Crippen molar-refractivity contribution in [3.05, 3.63) is 41.5 Å². The van der Waals surface area contributed by atoms with E-state index in [0.717, 1.165) is 50.6 Å². The minimum absolute atomic E-state index is 0.221. The highest BCUT2D eigenvalue weighted by atomic mass is 16.5. The summed E-state index contributed by atoms with van der Waals surface area (Å²) in [6, 6.07) is 11.6. The minimum Gasteiger partial charge on any atom is -0.474 e. The summed E-state index contributed by atoms with van der Waals surface area (Å²) in [7, 11) is 1.59. The van der Waals surface area contributed by atoms with Crippen LogP contribution in [0.3, 0.4) is 0 Å². The molecule has 1 aromatic heterocycles. The Morgan fingerprint density at radius 2 is 1.56 bits per heavy atom. The third-order valence-electron chi connectivity index (χ3n) is 6.91. The summed E-state index contributed by atoms with van der Waals surface area (Å²) in [5, 5.41) is 7.47. The number of hydrogen-bond donors (Lipinski definition) is 2. The Balaban J connectivity index is 1.38. The Labute approximate surface area is 190 Å². The lowest BCUT2D eigenvalue weighted by Crippen LogP contribution is -2.45. The van der Waals surface area contributed by atoms with E-state index in [9.17, 15) is 0 Å². The van der Waals surface area contributed by atoms with Gasteiger partial charge in [0.25, 0.3) is 0 Å². The minimum atomic E-state index is 0.221. The quantitative estimate of drug-likeness (QED) is 0.614. The number of aromatic nitrogens is 2. The average molecular weight is 439 g/mol. The third kappa shape index (κ3) is 4.84. The van der Waals surface area contributed by atoms with Gasteiger partial charge < -0.3 is 24.8 Å². The standard InChI is InChI=1S/C25H34N4O3/c1-30-25-28-23(31-18-10-5-11-18)20(24(29-25)32-19-12-6-13-19)16-27-21-14-7-15-26-22(21)17-8-3-2-4-9-17/h2-4,8-9,18-19,21-22,26-27H,5-7,10-16H2,1H3/t21-,22-/m0/s1. The van der Waals surface area contributed by atoms with Crippen molar-refractivity contribution >= 4 is 0 Å². The summed E-state index contributed by atoms with van der Waals surface area (Å²) in [5.74, 6) is 1.20. The molecule has 5 rings (SSSR count). The predicted octanol–water partition coefficient (Wildman–Crippen LogP) is 3.93. The van der Waals surface area contributed by atoms with Crippen LogP contribution in [-0.2, 0) is 6.54 Å². The molecule has 7 heteroatoms. The van der Waals surface area contributed by atoms with Gasteiger partial charge in [0, 0.05) is 18.6 Å². The van der Waals surface area contributed by atoms with Crippen LogP contribution >= 0.6 is 0 Å². The second-order valence-corrected chi connectivity index (χ2v) is 9.11. The molecule has 0 amide bonds. The van der Waals surface area contributed by atoms with Gasteiger partial charge in [-0.1, -0.05) is 30.3 Å². The fraction of sp³-hybridized carbons (Fsp3) is 0.600. The lowest BCUT2D eigenvalue weighted by molar-refractivity contribution is 0.0987. The van der Waals surface area contributed by atoms with Crippen LogP contribution in [0.5, 0.6) is 17.8 Å². The van der Waals surface area contributed by atoms with Gasteiger partial charge in [-0.25, -0.2) is 0 Å². The lowest BCUT2D eigenvalue weighted by Gasteiger charge is -2.34. The van der Waals surface area contributed by atoms with E-state index in [2.05, 4.69) is 50.9 Å². The van der Waals surface area contributed by atoms with Gasteiger partial charge in [0.05, 0.1) is 12.7 Å². The van der Waals surface area contributed by atoms with Crippen LogP contribution in [0, 0.1) is 0 Å². The highest BCUT2D eigenvalue weighted by molar-refractivity contribution is 5.38. The van der Waals surface area contributed by atoms with Crippen LogP contribution in [0.1, 0.15) is 68.5 Å². The van der Waals surface area contributed by atoms with Gasteiger partial charge in [-0.3, -0.25) is 0 Å². The molecule has 0 unspecified atom stereocenters. The SMILES string of the molecule is COc1nc(OC2CCC2)c(CN[C@H]2CCCN[C@H]2c2ccccc2)c(OC2CCC2)n1. The maximum absolute atomic E-state index is 6.28. The van der Waals surface area contributed by atoms with Crippen molar-refractivity contribution in [1.82, 2.24) is 20.6 Å². The molecular weight excluding hydrogens is 404 g/mol. The molecule has 1 aliphatic heterocycles. The van der Waals surface area contributed by atoms with Crippen molar-refractivity contribution in [1.29, 1.82) is 0 Å². The number of benzene rings is 1.